The molecule has 1 N–H and O–H groups in total. The van der Waals surface area contributed by atoms with Crippen LogP contribution in [0.5, 0.6) is 5.75 Å². The van der Waals surface area contributed by atoms with E-state index in [2.05, 4.69) is 59.6 Å². The van der Waals surface area contributed by atoms with Gasteiger partial charge in [-0.05, 0) is 30.7 Å². The molecule has 2 unspecified atom stereocenters. The Morgan fingerprint density at radius 2 is 1.95 bits per heavy atom. The van der Waals surface area contributed by atoms with E-state index in [9.17, 15) is 0 Å². The topological polar surface area (TPSA) is 24.5 Å². The molecule has 0 spiro atoms. The van der Waals surface area contributed by atoms with Crippen LogP contribution in [0.25, 0.3) is 0 Å². The molecule has 4 rings (SSSR count). The average Bonchev–Trinajstić information content (AvgIpc) is 2.92. The lowest BCUT2D eigenvalue weighted by Crippen LogP contribution is -2.46. The van der Waals surface area contributed by atoms with Crippen molar-refractivity contribution >= 4 is 11.4 Å². The molecule has 0 bridgehead atoms. The summed E-state index contributed by atoms with van der Waals surface area (Å²) < 4.78 is 6.11. The van der Waals surface area contributed by atoms with Crippen LogP contribution in [-0.2, 0) is 6.42 Å². The summed E-state index contributed by atoms with van der Waals surface area (Å²) in [6, 6.07) is 17.4. The van der Waals surface area contributed by atoms with E-state index in [0.717, 1.165) is 25.3 Å². The zero-order valence-corrected chi connectivity index (χ0v) is 12.3. The van der Waals surface area contributed by atoms with Crippen LogP contribution in [0.15, 0.2) is 48.5 Å². The van der Waals surface area contributed by atoms with Crippen LogP contribution in [-0.4, -0.2) is 25.2 Å². The highest BCUT2D eigenvalue weighted by Gasteiger charge is 2.29. The molecule has 2 heterocycles. The SMILES string of the molecule is CC1CNc2ccccc2N1CC1Cc2ccccc2O1. The summed E-state index contributed by atoms with van der Waals surface area (Å²) in [5.74, 6) is 1.05. The molecule has 0 fully saturated rings. The molecule has 0 saturated carbocycles. The maximum atomic E-state index is 6.11. The minimum atomic E-state index is 0.246. The number of nitrogens with one attached hydrogen (secondary N) is 1. The number of nitrogens with zero attached hydrogens (tertiary/aromatic N) is 1. The van der Waals surface area contributed by atoms with Crippen LogP contribution in [0.2, 0.25) is 0 Å². The van der Waals surface area contributed by atoms with Gasteiger partial charge in [0.25, 0.3) is 0 Å². The fourth-order valence-electron chi connectivity index (χ4n) is 3.33. The highest BCUT2D eigenvalue weighted by atomic mass is 16.5. The van der Waals surface area contributed by atoms with Gasteiger partial charge in [0.05, 0.1) is 17.9 Å². The maximum absolute atomic E-state index is 6.11. The Hall–Kier alpha value is -2.16. The number of rotatable bonds is 2. The summed E-state index contributed by atoms with van der Waals surface area (Å²) in [6.07, 6.45) is 1.26. The molecule has 2 aliphatic rings. The van der Waals surface area contributed by atoms with E-state index in [1.807, 2.05) is 6.07 Å². The molecule has 2 aromatic rings. The van der Waals surface area contributed by atoms with Crippen molar-refractivity contribution in [1.29, 1.82) is 0 Å². The van der Waals surface area contributed by atoms with E-state index >= 15 is 0 Å². The highest BCUT2D eigenvalue weighted by Crippen LogP contribution is 2.34. The van der Waals surface area contributed by atoms with Gasteiger partial charge in [-0.2, -0.15) is 0 Å². The van der Waals surface area contributed by atoms with Gasteiger partial charge in [0.15, 0.2) is 0 Å². The number of benzene rings is 2. The van der Waals surface area contributed by atoms with Crippen LogP contribution in [0.4, 0.5) is 11.4 Å². The fraction of sp³-hybridized carbons (Fsp3) is 0.333. The average molecular weight is 280 g/mol. The van der Waals surface area contributed by atoms with Crippen LogP contribution >= 0.6 is 0 Å². The van der Waals surface area contributed by atoms with E-state index in [4.69, 9.17) is 4.74 Å². The number of hydrogen-bond acceptors (Lipinski definition) is 3. The van der Waals surface area contributed by atoms with Gasteiger partial charge >= 0.3 is 0 Å². The molecule has 2 aromatic carbocycles. The molecule has 108 valence electrons. The van der Waals surface area contributed by atoms with Gasteiger partial charge in [-0.1, -0.05) is 30.3 Å². The summed E-state index contributed by atoms with van der Waals surface area (Å²) in [4.78, 5) is 2.47. The predicted molar refractivity (Wildman–Crippen MR) is 86.3 cm³/mol. The minimum absolute atomic E-state index is 0.246. The Labute approximate surface area is 125 Å². The van der Waals surface area contributed by atoms with Gasteiger partial charge in [0.1, 0.15) is 11.9 Å². The third-order valence-corrected chi connectivity index (χ3v) is 4.45. The van der Waals surface area contributed by atoms with Crippen LogP contribution < -0.4 is 15.0 Å². The second-order valence-electron chi connectivity index (χ2n) is 5.95. The van der Waals surface area contributed by atoms with Gasteiger partial charge in [0.2, 0.25) is 0 Å². The van der Waals surface area contributed by atoms with Gasteiger partial charge in [-0.3, -0.25) is 0 Å². The standard InChI is InChI=1S/C18H20N2O/c1-13-11-19-16-7-3-4-8-17(16)20(13)12-15-10-14-6-2-5-9-18(14)21-15/h2-9,13,15,19H,10-12H2,1H3. The van der Waals surface area contributed by atoms with Crippen LogP contribution in [0.3, 0.4) is 0 Å². The van der Waals surface area contributed by atoms with E-state index in [-0.39, 0.29) is 6.10 Å². The first-order valence-corrected chi connectivity index (χ1v) is 7.65. The molecule has 2 atom stereocenters. The zero-order valence-electron chi connectivity index (χ0n) is 12.3. The van der Waals surface area contributed by atoms with E-state index in [0.29, 0.717) is 6.04 Å². The largest absolute Gasteiger partial charge is 0.488 e. The number of hydrogen-bond donors (Lipinski definition) is 1. The Morgan fingerprint density at radius 3 is 2.86 bits per heavy atom. The minimum Gasteiger partial charge on any atom is -0.488 e. The Balaban J connectivity index is 1.56. The normalized spacial score (nSPS) is 23.0. The number of fused-ring (bicyclic) bond motifs is 2. The molecule has 0 aromatic heterocycles. The van der Waals surface area contributed by atoms with Crippen molar-refractivity contribution in [3.8, 4) is 5.75 Å². The van der Waals surface area contributed by atoms with Gasteiger partial charge in [0, 0.05) is 19.0 Å². The number of para-hydroxylation sites is 3. The molecular weight excluding hydrogens is 260 g/mol. The van der Waals surface area contributed by atoms with E-state index in [1.54, 1.807) is 0 Å². The summed E-state index contributed by atoms with van der Waals surface area (Å²) >= 11 is 0. The summed E-state index contributed by atoms with van der Waals surface area (Å²) in [7, 11) is 0. The number of ether oxygens (including phenoxy) is 1. The number of anilines is 2. The molecule has 2 aliphatic heterocycles. The van der Waals surface area contributed by atoms with Crippen LogP contribution in [0.1, 0.15) is 12.5 Å². The predicted octanol–water partition coefficient (Wildman–Crippen LogP) is 3.31. The monoisotopic (exact) mass is 280 g/mol. The molecule has 3 nitrogen and oxygen atoms in total. The second kappa shape index (κ2) is 4.99. The molecule has 0 saturated heterocycles. The lowest BCUT2D eigenvalue weighted by Gasteiger charge is -2.38. The maximum Gasteiger partial charge on any atom is 0.123 e. The first-order chi connectivity index (χ1) is 10.3. The first-order valence-electron chi connectivity index (χ1n) is 7.65. The Bertz CT molecular complexity index is 630. The quantitative estimate of drug-likeness (QED) is 0.913. The van der Waals surface area contributed by atoms with Gasteiger partial charge < -0.3 is 15.0 Å². The third kappa shape index (κ3) is 2.23. The molecule has 0 amide bonds. The molecular formula is C18H20N2O. The van der Waals surface area contributed by atoms with Crippen molar-refractivity contribution in [2.45, 2.75) is 25.5 Å². The highest BCUT2D eigenvalue weighted by molar-refractivity contribution is 5.72. The van der Waals surface area contributed by atoms with Gasteiger partial charge in [-0.25, -0.2) is 0 Å². The summed E-state index contributed by atoms with van der Waals surface area (Å²) in [5.41, 5.74) is 3.85. The molecule has 0 aliphatic carbocycles. The molecule has 0 radical (unpaired) electrons. The Kier molecular flexibility index (Phi) is 2.99. The smallest absolute Gasteiger partial charge is 0.123 e. The van der Waals surface area contributed by atoms with Crippen molar-refractivity contribution < 1.29 is 4.74 Å². The first kappa shape index (κ1) is 12.6. The van der Waals surface area contributed by atoms with Gasteiger partial charge in [-0.15, -0.1) is 0 Å². The van der Waals surface area contributed by atoms with Crippen molar-refractivity contribution in [2.75, 3.05) is 23.3 Å². The van der Waals surface area contributed by atoms with Crippen LogP contribution in [0, 0.1) is 0 Å². The van der Waals surface area contributed by atoms with Crippen molar-refractivity contribution in [3.63, 3.8) is 0 Å². The van der Waals surface area contributed by atoms with Crippen molar-refractivity contribution in [1.82, 2.24) is 0 Å². The fourth-order valence-corrected chi connectivity index (χ4v) is 3.33. The van der Waals surface area contributed by atoms with E-state index in [1.165, 1.54) is 16.9 Å². The van der Waals surface area contributed by atoms with Crippen molar-refractivity contribution in [3.05, 3.63) is 54.1 Å². The molecule has 21 heavy (non-hydrogen) atoms. The zero-order chi connectivity index (χ0) is 14.2. The third-order valence-electron chi connectivity index (χ3n) is 4.45. The Morgan fingerprint density at radius 1 is 1.14 bits per heavy atom. The molecule has 3 heteroatoms. The summed E-state index contributed by atoms with van der Waals surface area (Å²) in [6.45, 7) is 4.19. The van der Waals surface area contributed by atoms with E-state index < -0.39 is 0 Å². The lowest BCUT2D eigenvalue weighted by molar-refractivity contribution is 0.234. The second-order valence-corrected chi connectivity index (χ2v) is 5.95. The lowest BCUT2D eigenvalue weighted by atomic mass is 10.1. The summed E-state index contributed by atoms with van der Waals surface area (Å²) in [5, 5.41) is 3.50. The van der Waals surface area contributed by atoms with Crippen molar-refractivity contribution in [2.24, 2.45) is 0 Å².